The molecule has 0 radical (unpaired) electrons. The van der Waals surface area contributed by atoms with Crippen molar-refractivity contribution in [1.82, 2.24) is 14.9 Å². The number of halogens is 8. The molecule has 19 heteroatoms. The second kappa shape index (κ2) is 16.1. The van der Waals surface area contributed by atoms with Crippen molar-refractivity contribution in [1.29, 1.82) is 0 Å². The number of alkyl halides is 6. The number of hydrogen-bond acceptors (Lipinski definition) is 7. The zero-order valence-corrected chi connectivity index (χ0v) is 31.2. The molecule has 55 heavy (non-hydrogen) atoms. The first-order valence-electron chi connectivity index (χ1n) is 16.9. The number of nitrogens with one attached hydrogen (secondary N) is 3. The zero-order valence-electron chi connectivity index (χ0n) is 29.7. The lowest BCUT2D eigenvalue weighted by Crippen LogP contribution is -2.39. The van der Waals surface area contributed by atoms with Crippen molar-refractivity contribution in [3.05, 3.63) is 69.7 Å². The van der Waals surface area contributed by atoms with E-state index in [4.69, 9.17) is 28.9 Å². The number of fused-ring (bicyclic) bond motifs is 1. The van der Waals surface area contributed by atoms with Crippen molar-refractivity contribution in [2.75, 3.05) is 28.6 Å². The third kappa shape index (κ3) is 10.2. The number of aromatic nitrogens is 2. The SMILES string of the molecule is CC(C)(C)C(=O)NCc1ccc(Cl)c(Nc2nc3cc(C(=O)Nc4ccc(OC(F)(F)F)cc4)c(N4CCC(C(F)(F)F)CC4)cc3n2CCC(N)=O)c1Cl. The van der Waals surface area contributed by atoms with Crippen LogP contribution in [0.5, 0.6) is 5.75 Å². The number of primary amides is 1. The number of ether oxygens (including phenoxy) is 1. The molecule has 1 fully saturated rings. The van der Waals surface area contributed by atoms with E-state index in [2.05, 4.69) is 25.7 Å². The number of benzene rings is 3. The van der Waals surface area contributed by atoms with Crippen LogP contribution >= 0.6 is 23.2 Å². The first kappa shape index (κ1) is 41.3. The standard InChI is InChI=1S/C36H37Cl2F6N7O4/c1-34(2,3)32(54)46-18-19-4-9-24(37)30(29(19)38)49-33-48-25-16-23(31(53)47-21-5-7-22(8-6-21)55-36(42,43)44)26(17-27(25)51(33)15-12-28(45)52)50-13-10-20(11-14-50)35(39,40)41/h4-9,16-17,20H,10-15,18H2,1-3H3,(H2,45,52)(H,46,54)(H,47,53)(H,48,49). The van der Waals surface area contributed by atoms with Gasteiger partial charge in [-0.15, -0.1) is 13.2 Å². The molecule has 0 saturated carbocycles. The number of carbonyl (C=O) groups is 3. The summed E-state index contributed by atoms with van der Waals surface area (Å²) in [6.45, 7) is 5.23. The number of nitrogens with two attached hydrogens (primary N) is 1. The van der Waals surface area contributed by atoms with Crippen LogP contribution in [0.25, 0.3) is 11.0 Å². The van der Waals surface area contributed by atoms with Crippen LogP contribution in [0.1, 0.15) is 56.0 Å². The van der Waals surface area contributed by atoms with E-state index < -0.39 is 41.4 Å². The van der Waals surface area contributed by atoms with Crippen LogP contribution in [-0.4, -0.2) is 52.9 Å². The van der Waals surface area contributed by atoms with E-state index >= 15 is 0 Å². The minimum Gasteiger partial charge on any atom is -0.406 e. The Morgan fingerprint density at radius 3 is 2.20 bits per heavy atom. The Labute approximate surface area is 321 Å². The maximum Gasteiger partial charge on any atom is 0.573 e. The average Bonchev–Trinajstić information content (AvgIpc) is 3.43. The van der Waals surface area contributed by atoms with Gasteiger partial charge in [0.25, 0.3) is 5.91 Å². The largest absolute Gasteiger partial charge is 0.573 e. The topological polar surface area (TPSA) is 144 Å². The number of nitrogens with zero attached hydrogens (tertiary/aromatic N) is 3. The lowest BCUT2D eigenvalue weighted by molar-refractivity contribution is -0.274. The fourth-order valence-electron chi connectivity index (χ4n) is 5.93. The first-order valence-corrected chi connectivity index (χ1v) is 17.7. The van der Waals surface area contributed by atoms with Gasteiger partial charge in [-0.25, -0.2) is 4.98 Å². The number of aryl methyl sites for hydroxylation is 1. The lowest BCUT2D eigenvalue weighted by atomic mass is 9.95. The predicted octanol–water partition coefficient (Wildman–Crippen LogP) is 8.55. The molecule has 296 valence electrons. The Balaban J connectivity index is 1.56. The number of amides is 3. The molecule has 5 rings (SSSR count). The van der Waals surface area contributed by atoms with Crippen molar-refractivity contribution in [3.63, 3.8) is 0 Å². The molecule has 1 saturated heterocycles. The monoisotopic (exact) mass is 815 g/mol. The van der Waals surface area contributed by atoms with Crippen LogP contribution in [0.3, 0.4) is 0 Å². The predicted molar refractivity (Wildman–Crippen MR) is 197 cm³/mol. The summed E-state index contributed by atoms with van der Waals surface area (Å²) >= 11 is 13.4. The quantitative estimate of drug-likeness (QED) is 0.111. The van der Waals surface area contributed by atoms with Crippen LogP contribution in [0.2, 0.25) is 10.0 Å². The Morgan fingerprint density at radius 2 is 1.62 bits per heavy atom. The van der Waals surface area contributed by atoms with Crippen LogP contribution in [0.15, 0.2) is 48.5 Å². The first-order chi connectivity index (χ1) is 25.6. The minimum atomic E-state index is -4.92. The molecule has 1 aliphatic heterocycles. The Bertz CT molecular complexity index is 2070. The third-order valence-electron chi connectivity index (χ3n) is 8.86. The van der Waals surface area contributed by atoms with Gasteiger partial charge in [-0.05, 0) is 60.9 Å². The van der Waals surface area contributed by atoms with Gasteiger partial charge in [0.1, 0.15) is 5.75 Å². The molecule has 0 atom stereocenters. The van der Waals surface area contributed by atoms with E-state index in [-0.39, 0.29) is 95.5 Å². The van der Waals surface area contributed by atoms with E-state index in [0.717, 1.165) is 12.1 Å². The molecule has 0 aliphatic carbocycles. The number of piperidine rings is 1. The molecule has 3 amide bonds. The highest BCUT2D eigenvalue weighted by Gasteiger charge is 2.41. The summed E-state index contributed by atoms with van der Waals surface area (Å²) in [5.41, 5.74) is 6.54. The van der Waals surface area contributed by atoms with Crippen LogP contribution in [-0.2, 0) is 22.7 Å². The summed E-state index contributed by atoms with van der Waals surface area (Å²) in [5, 5.41) is 8.90. The number of imidazole rings is 1. The summed E-state index contributed by atoms with van der Waals surface area (Å²) in [4.78, 5) is 44.6. The Hall–Kier alpha value is -4.90. The summed E-state index contributed by atoms with van der Waals surface area (Å²) in [6, 6.07) is 10.6. The van der Waals surface area contributed by atoms with Gasteiger partial charge in [0.2, 0.25) is 17.8 Å². The fourth-order valence-corrected chi connectivity index (χ4v) is 6.46. The minimum absolute atomic E-state index is 0.00679. The van der Waals surface area contributed by atoms with Crippen LogP contribution in [0.4, 0.5) is 49.4 Å². The molecule has 5 N–H and O–H groups in total. The normalized spacial score (nSPS) is 14.2. The number of rotatable bonds is 11. The summed E-state index contributed by atoms with van der Waals surface area (Å²) in [7, 11) is 0. The molecular weight excluding hydrogens is 779 g/mol. The van der Waals surface area contributed by atoms with Gasteiger partial charge >= 0.3 is 12.5 Å². The number of anilines is 4. The summed E-state index contributed by atoms with van der Waals surface area (Å²) < 4.78 is 84.3. The van der Waals surface area contributed by atoms with E-state index in [1.54, 1.807) is 48.4 Å². The maximum atomic E-state index is 13.8. The molecule has 1 aliphatic rings. The maximum absolute atomic E-state index is 13.8. The molecule has 0 spiro atoms. The lowest BCUT2D eigenvalue weighted by Gasteiger charge is -2.35. The van der Waals surface area contributed by atoms with E-state index in [1.807, 2.05) is 0 Å². The zero-order chi connectivity index (χ0) is 40.5. The van der Waals surface area contributed by atoms with Gasteiger partial charge in [0, 0.05) is 43.7 Å². The van der Waals surface area contributed by atoms with Crippen molar-refractivity contribution in [2.24, 2.45) is 17.1 Å². The average molecular weight is 817 g/mol. The van der Waals surface area contributed by atoms with Gasteiger partial charge in [-0.1, -0.05) is 50.0 Å². The fraction of sp³-hybridized carbons (Fsp3) is 0.389. The van der Waals surface area contributed by atoms with Crippen LogP contribution < -0.4 is 31.3 Å². The Kier molecular flexibility index (Phi) is 12.1. The molecule has 0 unspecified atom stereocenters. The number of carbonyl (C=O) groups excluding carboxylic acids is 3. The van der Waals surface area contributed by atoms with Gasteiger partial charge in [-0.3, -0.25) is 14.4 Å². The molecule has 2 heterocycles. The van der Waals surface area contributed by atoms with Crippen molar-refractivity contribution >= 4 is 75.0 Å². The van der Waals surface area contributed by atoms with Gasteiger partial charge in [-0.2, -0.15) is 13.2 Å². The van der Waals surface area contributed by atoms with Gasteiger partial charge < -0.3 is 35.9 Å². The second-order valence-corrected chi connectivity index (χ2v) is 14.7. The molecule has 0 bridgehead atoms. The molecular formula is C36H37Cl2F6N7O4. The van der Waals surface area contributed by atoms with E-state index in [0.29, 0.717) is 11.1 Å². The summed E-state index contributed by atoms with van der Waals surface area (Å²) in [6.07, 6.45) is -9.94. The molecule has 4 aromatic rings. The third-order valence-corrected chi connectivity index (χ3v) is 9.61. The second-order valence-electron chi connectivity index (χ2n) is 13.9. The Morgan fingerprint density at radius 1 is 0.964 bits per heavy atom. The van der Waals surface area contributed by atoms with Gasteiger partial charge in [0.15, 0.2) is 0 Å². The molecule has 3 aromatic carbocycles. The smallest absolute Gasteiger partial charge is 0.406 e. The van der Waals surface area contributed by atoms with Gasteiger partial charge in [0.05, 0.1) is 43.9 Å². The summed E-state index contributed by atoms with van der Waals surface area (Å²) in [5.74, 6) is -3.51. The van der Waals surface area contributed by atoms with Crippen LogP contribution in [0, 0.1) is 11.3 Å². The van der Waals surface area contributed by atoms with Crippen molar-refractivity contribution < 1.29 is 45.5 Å². The van der Waals surface area contributed by atoms with Crippen molar-refractivity contribution in [3.8, 4) is 5.75 Å². The highest BCUT2D eigenvalue weighted by atomic mass is 35.5. The van der Waals surface area contributed by atoms with Crippen molar-refractivity contribution in [2.45, 2.75) is 65.7 Å². The van der Waals surface area contributed by atoms with E-state index in [9.17, 15) is 40.7 Å². The molecule has 1 aromatic heterocycles. The highest BCUT2D eigenvalue weighted by molar-refractivity contribution is 6.39. The van der Waals surface area contributed by atoms with E-state index in [1.165, 1.54) is 18.2 Å². The number of hydrogen-bond donors (Lipinski definition) is 4. The highest BCUT2D eigenvalue weighted by Crippen LogP contribution is 2.40. The molecule has 11 nitrogen and oxygen atoms in total.